The number of carbonyl (C=O) groups excluding carboxylic acids is 2. The second kappa shape index (κ2) is 9.62. The Labute approximate surface area is 233 Å². The molecule has 210 valence electrons. The molecule has 0 fully saturated rings. The number of alkyl halides is 3. The average molecular weight is 584 g/mol. The lowest BCUT2D eigenvalue weighted by Gasteiger charge is -2.12. The number of aryl methyl sites for hydroxylation is 1. The highest BCUT2D eigenvalue weighted by atomic mass is 32.1. The number of fused-ring (bicyclic) bond motifs is 2. The van der Waals surface area contributed by atoms with Crippen LogP contribution in [0.3, 0.4) is 0 Å². The molecule has 1 aromatic carbocycles. The number of hydrogen-bond acceptors (Lipinski definition) is 8. The molecule has 0 radical (unpaired) electrons. The highest BCUT2D eigenvalue weighted by Crippen LogP contribution is 2.44. The van der Waals surface area contributed by atoms with Crippen LogP contribution < -0.4 is 20.5 Å². The molecule has 0 unspecified atom stereocenters. The normalized spacial score (nSPS) is 12.7. The highest BCUT2D eigenvalue weighted by Gasteiger charge is 2.35. The molecule has 15 heteroatoms. The number of rotatable bonds is 6. The van der Waals surface area contributed by atoms with Crippen molar-refractivity contribution < 1.29 is 32.2 Å². The maximum Gasteiger partial charge on any atom is 0.433 e. The topological polar surface area (TPSA) is 150 Å². The largest absolute Gasteiger partial charge is 0.454 e. The van der Waals surface area contributed by atoms with E-state index in [4.69, 9.17) is 15.2 Å². The number of primary amides is 1. The minimum Gasteiger partial charge on any atom is -0.454 e. The van der Waals surface area contributed by atoms with E-state index in [0.29, 0.717) is 51.9 Å². The molecule has 0 saturated carbocycles. The molecule has 1 aliphatic heterocycles. The molecular formula is C26H20F3N7O4S. The molecule has 0 atom stereocenters. The lowest BCUT2D eigenvalue weighted by Crippen LogP contribution is -2.17. The number of halogens is 3. The van der Waals surface area contributed by atoms with E-state index < -0.39 is 23.7 Å². The number of H-pyrrole nitrogens is 1. The number of aromatic amines is 1. The highest BCUT2D eigenvalue weighted by molar-refractivity contribution is 7.21. The number of nitrogens with one attached hydrogen (secondary N) is 2. The maximum atomic E-state index is 13.8. The van der Waals surface area contributed by atoms with Gasteiger partial charge in [0.2, 0.25) is 6.79 Å². The van der Waals surface area contributed by atoms with Crippen molar-refractivity contribution in [3.05, 3.63) is 58.5 Å². The predicted octanol–water partition coefficient (Wildman–Crippen LogP) is 4.98. The third-order valence-electron chi connectivity index (χ3n) is 6.60. The smallest absolute Gasteiger partial charge is 0.433 e. The first kappa shape index (κ1) is 26.3. The fourth-order valence-electron chi connectivity index (χ4n) is 4.60. The molecule has 0 spiro atoms. The molecule has 11 nitrogen and oxygen atoms in total. The summed E-state index contributed by atoms with van der Waals surface area (Å²) in [6.45, 7) is 4.14. The quantitative estimate of drug-likeness (QED) is 0.255. The molecule has 5 aromatic rings. The number of nitrogens with zero attached hydrogens (tertiary/aromatic N) is 4. The number of amides is 2. The van der Waals surface area contributed by atoms with Gasteiger partial charge in [0.25, 0.3) is 11.8 Å². The summed E-state index contributed by atoms with van der Waals surface area (Å²) in [6.07, 6.45) is -3.33. The van der Waals surface area contributed by atoms with Gasteiger partial charge in [-0.2, -0.15) is 23.4 Å². The number of benzene rings is 1. The summed E-state index contributed by atoms with van der Waals surface area (Å²) in [4.78, 5) is 29.3. The average Bonchev–Trinajstić information content (AvgIpc) is 3.72. The first-order valence-electron chi connectivity index (χ1n) is 12.2. The number of anilines is 1. The molecular weight excluding hydrogens is 563 g/mol. The van der Waals surface area contributed by atoms with Crippen molar-refractivity contribution in [1.82, 2.24) is 25.0 Å². The Bertz CT molecular complexity index is 1860. The molecule has 6 rings (SSSR count). The third-order valence-corrected chi connectivity index (χ3v) is 7.70. The maximum absolute atomic E-state index is 13.8. The van der Waals surface area contributed by atoms with E-state index >= 15 is 0 Å². The minimum absolute atomic E-state index is 0.0313. The first-order chi connectivity index (χ1) is 19.5. The van der Waals surface area contributed by atoms with Crippen LogP contribution in [-0.2, 0) is 12.7 Å². The number of pyridine rings is 1. The summed E-state index contributed by atoms with van der Waals surface area (Å²) in [7, 11) is 0. The van der Waals surface area contributed by atoms with Crippen LogP contribution in [0.25, 0.3) is 32.6 Å². The van der Waals surface area contributed by atoms with Gasteiger partial charge in [0.1, 0.15) is 21.1 Å². The van der Waals surface area contributed by atoms with E-state index in [2.05, 4.69) is 25.6 Å². The van der Waals surface area contributed by atoms with Gasteiger partial charge in [-0.1, -0.05) is 0 Å². The monoisotopic (exact) mass is 583 g/mol. The lowest BCUT2D eigenvalue weighted by molar-refractivity contribution is -0.140. The van der Waals surface area contributed by atoms with Crippen molar-refractivity contribution in [3.8, 4) is 33.9 Å². The van der Waals surface area contributed by atoms with E-state index in [1.807, 2.05) is 6.92 Å². The molecule has 4 aromatic heterocycles. The Balaban J connectivity index is 1.45. The number of nitrogens with two attached hydrogens (primary N) is 1. The molecule has 41 heavy (non-hydrogen) atoms. The summed E-state index contributed by atoms with van der Waals surface area (Å²) in [5, 5.41) is 13.9. The predicted molar refractivity (Wildman–Crippen MR) is 143 cm³/mol. The molecule has 5 heterocycles. The molecule has 0 aliphatic carbocycles. The van der Waals surface area contributed by atoms with E-state index in [1.165, 1.54) is 12.3 Å². The Hall–Kier alpha value is -4.92. The van der Waals surface area contributed by atoms with Crippen LogP contribution in [0.5, 0.6) is 11.5 Å². The summed E-state index contributed by atoms with van der Waals surface area (Å²) in [6, 6.07) is 7.55. The number of carbonyl (C=O) groups is 2. The summed E-state index contributed by atoms with van der Waals surface area (Å²) in [5.41, 5.74) is 6.59. The van der Waals surface area contributed by atoms with Crippen molar-refractivity contribution in [2.24, 2.45) is 5.73 Å². The van der Waals surface area contributed by atoms with Crippen LogP contribution in [0, 0.1) is 6.92 Å². The van der Waals surface area contributed by atoms with Crippen molar-refractivity contribution >= 4 is 39.1 Å². The molecule has 1 aliphatic rings. The number of thiophene rings is 1. The summed E-state index contributed by atoms with van der Waals surface area (Å²) < 4.78 is 53.8. The second-order valence-electron chi connectivity index (χ2n) is 9.05. The zero-order valence-electron chi connectivity index (χ0n) is 21.4. The van der Waals surface area contributed by atoms with Crippen LogP contribution >= 0.6 is 11.3 Å². The Morgan fingerprint density at radius 2 is 1.95 bits per heavy atom. The van der Waals surface area contributed by atoms with Crippen LogP contribution in [0.1, 0.15) is 38.5 Å². The van der Waals surface area contributed by atoms with E-state index in [1.54, 1.807) is 29.8 Å². The number of ether oxygens (including phenoxy) is 2. The number of hydrogen-bond donors (Lipinski definition) is 3. The van der Waals surface area contributed by atoms with Gasteiger partial charge in [0.05, 0.1) is 17.6 Å². The minimum atomic E-state index is -4.76. The zero-order chi connectivity index (χ0) is 29.1. The van der Waals surface area contributed by atoms with E-state index in [0.717, 1.165) is 6.07 Å². The fourth-order valence-corrected chi connectivity index (χ4v) is 5.61. The van der Waals surface area contributed by atoms with Gasteiger partial charge in [-0.25, -0.2) is 4.98 Å². The fraction of sp³-hybridized carbons (Fsp3) is 0.192. The Morgan fingerprint density at radius 3 is 2.66 bits per heavy atom. The van der Waals surface area contributed by atoms with Crippen LogP contribution in [0.2, 0.25) is 0 Å². The summed E-state index contributed by atoms with van der Waals surface area (Å²) in [5.74, 6) is -0.511. The van der Waals surface area contributed by atoms with Crippen LogP contribution in [0.4, 0.5) is 18.9 Å². The van der Waals surface area contributed by atoms with Crippen molar-refractivity contribution in [3.63, 3.8) is 0 Å². The summed E-state index contributed by atoms with van der Waals surface area (Å²) >= 11 is 0.661. The standard InChI is InChI=1S/C26H20F3N7O4S/c1-3-36-11(2)14(9-31-36)13-7-19(26(27,28)29)32-25-20(13)21(22(41-25)23(30)37)33-24(38)16-8-15(34-35-16)12-4-5-17-18(6-12)40-10-39-17/h4-9H,3,10H2,1-2H3,(H2,30,37)(H,33,38)(H,34,35). The van der Waals surface area contributed by atoms with Gasteiger partial charge in [0.15, 0.2) is 11.5 Å². The van der Waals surface area contributed by atoms with Gasteiger partial charge >= 0.3 is 6.18 Å². The Kier molecular flexibility index (Phi) is 6.17. The van der Waals surface area contributed by atoms with E-state index in [-0.39, 0.29) is 38.8 Å². The van der Waals surface area contributed by atoms with Crippen LogP contribution in [-0.4, -0.2) is 43.6 Å². The molecule has 2 amide bonds. The van der Waals surface area contributed by atoms with Gasteiger partial charge in [0, 0.05) is 28.8 Å². The van der Waals surface area contributed by atoms with Gasteiger partial charge in [-0.3, -0.25) is 19.4 Å². The molecule has 0 bridgehead atoms. The zero-order valence-corrected chi connectivity index (χ0v) is 22.2. The van der Waals surface area contributed by atoms with Crippen molar-refractivity contribution in [2.75, 3.05) is 12.1 Å². The third kappa shape index (κ3) is 4.53. The van der Waals surface area contributed by atoms with Gasteiger partial charge < -0.3 is 20.5 Å². The van der Waals surface area contributed by atoms with Crippen LogP contribution in [0.15, 0.2) is 36.5 Å². The van der Waals surface area contributed by atoms with Crippen molar-refractivity contribution in [2.45, 2.75) is 26.6 Å². The lowest BCUT2D eigenvalue weighted by atomic mass is 10.0. The molecule has 4 N–H and O–H groups in total. The first-order valence-corrected chi connectivity index (χ1v) is 13.0. The molecule has 0 saturated heterocycles. The SMILES string of the molecule is CCn1ncc(-c2cc(C(F)(F)F)nc3sc(C(N)=O)c(NC(=O)c4cc(-c5ccc6c(c5)OCO6)n[nH]4)c23)c1C. The Morgan fingerprint density at radius 1 is 1.17 bits per heavy atom. The van der Waals surface area contributed by atoms with Gasteiger partial charge in [-0.05, 0) is 49.7 Å². The second-order valence-corrected chi connectivity index (χ2v) is 10.1. The number of aromatic nitrogens is 5. The van der Waals surface area contributed by atoms with E-state index in [9.17, 15) is 22.8 Å². The van der Waals surface area contributed by atoms with Gasteiger partial charge in [-0.15, -0.1) is 11.3 Å². The van der Waals surface area contributed by atoms with Crippen molar-refractivity contribution in [1.29, 1.82) is 0 Å².